The molecule has 0 N–H and O–H groups in total. The Morgan fingerprint density at radius 2 is 1.53 bits per heavy atom. The standard InChI is InChI=1S/C23H28F3NO4S/c1-3-10-27(11-4-2)20-12-18-14-21(30-16-17-8-6-5-7-9-17)22(15-19(18)13-20)31-32(28,29)23(24,25)26/h5-9,14-15,20H,3-4,10-13,16H2,1-2H3. The largest absolute Gasteiger partial charge is 0.534 e. The normalized spacial score (nSPS) is 16.2. The van der Waals surface area contributed by atoms with Gasteiger partial charge in [0.15, 0.2) is 11.5 Å². The molecular weight excluding hydrogens is 443 g/mol. The molecule has 2 aromatic carbocycles. The number of benzene rings is 2. The first-order chi connectivity index (χ1) is 15.1. The van der Waals surface area contributed by atoms with Crippen LogP contribution >= 0.6 is 0 Å². The van der Waals surface area contributed by atoms with Crippen LogP contribution in [0.15, 0.2) is 42.5 Å². The predicted octanol–water partition coefficient (Wildman–Crippen LogP) is 5.08. The van der Waals surface area contributed by atoms with Gasteiger partial charge in [0, 0.05) is 6.04 Å². The van der Waals surface area contributed by atoms with E-state index in [4.69, 9.17) is 4.74 Å². The third-order valence-corrected chi connectivity index (χ3v) is 6.40. The summed E-state index contributed by atoms with van der Waals surface area (Å²) in [6.07, 6.45) is 3.34. The molecule has 0 bridgehead atoms. The molecule has 32 heavy (non-hydrogen) atoms. The van der Waals surface area contributed by atoms with Crippen LogP contribution in [0.25, 0.3) is 0 Å². The van der Waals surface area contributed by atoms with Gasteiger partial charge in [-0.25, -0.2) is 0 Å². The van der Waals surface area contributed by atoms with Gasteiger partial charge in [0.2, 0.25) is 0 Å². The van der Waals surface area contributed by atoms with Crippen LogP contribution in [0, 0.1) is 0 Å². The van der Waals surface area contributed by atoms with Crippen molar-refractivity contribution in [3.63, 3.8) is 0 Å². The van der Waals surface area contributed by atoms with Gasteiger partial charge < -0.3 is 8.92 Å². The molecule has 1 aliphatic carbocycles. The minimum atomic E-state index is -5.81. The van der Waals surface area contributed by atoms with E-state index >= 15 is 0 Å². The summed E-state index contributed by atoms with van der Waals surface area (Å²) in [4.78, 5) is 2.37. The quantitative estimate of drug-likeness (QED) is 0.357. The molecule has 0 radical (unpaired) electrons. The lowest BCUT2D eigenvalue weighted by atomic mass is 10.1. The molecule has 0 amide bonds. The highest BCUT2D eigenvalue weighted by atomic mass is 32.2. The highest BCUT2D eigenvalue weighted by Gasteiger charge is 2.49. The van der Waals surface area contributed by atoms with Crippen LogP contribution in [0.4, 0.5) is 13.2 Å². The van der Waals surface area contributed by atoms with Crippen LogP contribution in [0.3, 0.4) is 0 Å². The third kappa shape index (κ3) is 5.75. The van der Waals surface area contributed by atoms with Crippen molar-refractivity contribution >= 4 is 10.1 Å². The zero-order valence-electron chi connectivity index (χ0n) is 18.2. The second-order valence-electron chi connectivity index (χ2n) is 7.92. The van der Waals surface area contributed by atoms with E-state index in [1.807, 2.05) is 30.3 Å². The smallest absolute Gasteiger partial charge is 0.485 e. The first-order valence-corrected chi connectivity index (χ1v) is 12.1. The Bertz CT molecular complexity index is 1000. The summed E-state index contributed by atoms with van der Waals surface area (Å²) >= 11 is 0. The van der Waals surface area contributed by atoms with E-state index < -0.39 is 21.4 Å². The maximum Gasteiger partial charge on any atom is 0.534 e. The topological polar surface area (TPSA) is 55.8 Å². The van der Waals surface area contributed by atoms with E-state index in [1.165, 1.54) is 6.07 Å². The fourth-order valence-electron chi connectivity index (χ4n) is 3.99. The summed E-state index contributed by atoms with van der Waals surface area (Å²) in [5.74, 6) is -0.450. The lowest BCUT2D eigenvalue weighted by Crippen LogP contribution is -2.37. The number of fused-ring (bicyclic) bond motifs is 1. The van der Waals surface area contributed by atoms with Crippen molar-refractivity contribution in [2.75, 3.05) is 13.1 Å². The van der Waals surface area contributed by atoms with Crippen molar-refractivity contribution in [2.24, 2.45) is 0 Å². The molecule has 1 aliphatic rings. The van der Waals surface area contributed by atoms with Crippen LogP contribution in [-0.4, -0.2) is 38.0 Å². The molecule has 3 rings (SSSR count). The maximum absolute atomic E-state index is 13.0. The van der Waals surface area contributed by atoms with Gasteiger partial charge in [-0.2, -0.15) is 21.6 Å². The molecule has 0 heterocycles. The second-order valence-corrected chi connectivity index (χ2v) is 9.46. The van der Waals surface area contributed by atoms with E-state index in [1.54, 1.807) is 6.07 Å². The van der Waals surface area contributed by atoms with E-state index in [9.17, 15) is 21.6 Å². The van der Waals surface area contributed by atoms with Crippen molar-refractivity contribution in [2.45, 2.75) is 57.7 Å². The molecular formula is C23H28F3NO4S. The Hall–Kier alpha value is -2.26. The first-order valence-electron chi connectivity index (χ1n) is 10.7. The molecule has 0 fully saturated rings. The van der Waals surface area contributed by atoms with Crippen LogP contribution in [0.2, 0.25) is 0 Å². The monoisotopic (exact) mass is 471 g/mol. The molecule has 9 heteroatoms. The number of halogens is 3. The summed E-state index contributed by atoms with van der Waals surface area (Å²) in [6.45, 7) is 6.14. The van der Waals surface area contributed by atoms with Gasteiger partial charge in [0.05, 0.1) is 0 Å². The molecule has 1 unspecified atom stereocenters. The van der Waals surface area contributed by atoms with Gasteiger partial charge in [-0.05, 0) is 67.6 Å². The van der Waals surface area contributed by atoms with Gasteiger partial charge >= 0.3 is 15.6 Å². The van der Waals surface area contributed by atoms with Crippen molar-refractivity contribution < 1.29 is 30.5 Å². The van der Waals surface area contributed by atoms with Gasteiger partial charge in [0.1, 0.15) is 6.61 Å². The third-order valence-electron chi connectivity index (χ3n) is 5.44. The van der Waals surface area contributed by atoms with Crippen LogP contribution in [0.1, 0.15) is 43.4 Å². The van der Waals surface area contributed by atoms with Gasteiger partial charge in [-0.15, -0.1) is 0 Å². The Morgan fingerprint density at radius 3 is 2.06 bits per heavy atom. The fourth-order valence-corrected chi connectivity index (χ4v) is 4.45. The Morgan fingerprint density at radius 1 is 0.969 bits per heavy atom. The van der Waals surface area contributed by atoms with Crippen LogP contribution < -0.4 is 8.92 Å². The molecule has 176 valence electrons. The number of nitrogens with zero attached hydrogens (tertiary/aromatic N) is 1. The fraction of sp³-hybridized carbons (Fsp3) is 0.478. The highest BCUT2D eigenvalue weighted by molar-refractivity contribution is 7.88. The van der Waals surface area contributed by atoms with Crippen LogP contribution in [0.5, 0.6) is 11.5 Å². The molecule has 0 aliphatic heterocycles. The predicted molar refractivity (Wildman–Crippen MR) is 116 cm³/mol. The average molecular weight is 472 g/mol. The van der Waals surface area contributed by atoms with E-state index in [0.29, 0.717) is 6.42 Å². The van der Waals surface area contributed by atoms with Crippen molar-refractivity contribution in [1.29, 1.82) is 0 Å². The molecule has 5 nitrogen and oxygen atoms in total. The van der Waals surface area contributed by atoms with E-state index in [-0.39, 0.29) is 18.4 Å². The summed E-state index contributed by atoms with van der Waals surface area (Å²) in [5.41, 5.74) is -3.00. The van der Waals surface area contributed by atoms with E-state index in [0.717, 1.165) is 49.0 Å². The average Bonchev–Trinajstić information content (AvgIpc) is 3.14. The summed E-state index contributed by atoms with van der Waals surface area (Å²) in [7, 11) is -5.81. The Kier molecular flexibility index (Phi) is 7.71. The van der Waals surface area contributed by atoms with Gasteiger partial charge in [-0.1, -0.05) is 44.2 Å². The molecule has 0 saturated heterocycles. The molecule has 0 saturated carbocycles. The summed E-state index contributed by atoms with van der Waals surface area (Å²) < 4.78 is 72.5. The van der Waals surface area contributed by atoms with Gasteiger partial charge in [0.25, 0.3) is 0 Å². The minimum Gasteiger partial charge on any atom is -0.485 e. The Balaban J connectivity index is 1.90. The number of ether oxygens (including phenoxy) is 1. The molecule has 1 atom stereocenters. The lowest BCUT2D eigenvalue weighted by molar-refractivity contribution is -0.0500. The zero-order valence-corrected chi connectivity index (χ0v) is 19.0. The number of hydrogen-bond acceptors (Lipinski definition) is 5. The summed E-state index contributed by atoms with van der Waals surface area (Å²) in [6, 6.07) is 12.3. The van der Waals surface area contributed by atoms with Crippen molar-refractivity contribution in [1.82, 2.24) is 4.90 Å². The molecule has 0 spiro atoms. The zero-order chi connectivity index (χ0) is 23.4. The minimum absolute atomic E-state index is 0.0152. The molecule has 2 aromatic rings. The number of alkyl halides is 3. The Labute approximate surface area is 187 Å². The van der Waals surface area contributed by atoms with Crippen molar-refractivity contribution in [3.05, 3.63) is 59.2 Å². The maximum atomic E-state index is 13.0. The number of rotatable bonds is 10. The lowest BCUT2D eigenvalue weighted by Gasteiger charge is -2.27. The SMILES string of the molecule is CCCN(CCC)C1Cc2cc(OCc3ccccc3)c(OS(=O)(=O)C(F)(F)F)cc2C1. The van der Waals surface area contributed by atoms with Gasteiger partial charge in [-0.3, -0.25) is 4.90 Å². The summed E-state index contributed by atoms with van der Waals surface area (Å²) in [5, 5.41) is 0. The van der Waals surface area contributed by atoms with Crippen molar-refractivity contribution in [3.8, 4) is 11.5 Å². The second kappa shape index (κ2) is 10.1. The molecule has 0 aromatic heterocycles. The highest BCUT2D eigenvalue weighted by Crippen LogP contribution is 2.39. The number of hydrogen-bond donors (Lipinski definition) is 0. The van der Waals surface area contributed by atoms with E-state index in [2.05, 4.69) is 22.9 Å². The van der Waals surface area contributed by atoms with Crippen LogP contribution in [-0.2, 0) is 29.6 Å². The first kappa shape index (κ1) is 24.4.